The Balaban J connectivity index is 1.52. The highest BCUT2D eigenvalue weighted by Crippen LogP contribution is 2.37. The van der Waals surface area contributed by atoms with Crippen molar-refractivity contribution in [3.8, 4) is 56.5 Å². The van der Waals surface area contributed by atoms with Gasteiger partial charge in [-0.15, -0.1) is 0 Å². The summed E-state index contributed by atoms with van der Waals surface area (Å²) in [5, 5.41) is 0. The van der Waals surface area contributed by atoms with Gasteiger partial charge in [0.1, 0.15) is 5.69 Å². The molecule has 0 amide bonds. The van der Waals surface area contributed by atoms with E-state index in [4.69, 9.17) is 19.9 Å². The quantitative estimate of drug-likeness (QED) is 0.244. The third kappa shape index (κ3) is 4.60. The number of aryl methyl sites for hydroxylation is 2. The predicted molar refractivity (Wildman–Crippen MR) is 154 cm³/mol. The molecular formula is C34H26N4. The normalized spacial score (nSPS) is 10.9. The van der Waals surface area contributed by atoms with Gasteiger partial charge in [0.15, 0.2) is 17.5 Å². The SMILES string of the molecule is Cc1ccccc1-c1c(C)cccc1-c1ccnc(-c2nc(-c3ccccc3)nc(-c3ccccc3)n2)c1. The Morgan fingerprint density at radius 2 is 1.00 bits per heavy atom. The van der Waals surface area contributed by atoms with E-state index in [0.717, 1.165) is 22.3 Å². The van der Waals surface area contributed by atoms with Gasteiger partial charge in [-0.1, -0.05) is 103 Å². The number of hydrogen-bond donors (Lipinski definition) is 0. The largest absolute Gasteiger partial charge is 0.253 e. The van der Waals surface area contributed by atoms with Crippen LogP contribution in [0.15, 0.2) is 121 Å². The molecule has 0 saturated heterocycles. The third-order valence-corrected chi connectivity index (χ3v) is 6.69. The van der Waals surface area contributed by atoms with E-state index in [0.29, 0.717) is 23.2 Å². The molecule has 2 aromatic heterocycles. The lowest BCUT2D eigenvalue weighted by atomic mass is 9.89. The molecule has 0 saturated carbocycles. The van der Waals surface area contributed by atoms with Gasteiger partial charge in [-0.25, -0.2) is 15.0 Å². The molecule has 6 aromatic rings. The van der Waals surface area contributed by atoms with Crippen molar-refractivity contribution < 1.29 is 0 Å². The van der Waals surface area contributed by atoms with Crippen molar-refractivity contribution in [1.82, 2.24) is 19.9 Å². The van der Waals surface area contributed by atoms with Crippen LogP contribution in [-0.2, 0) is 0 Å². The van der Waals surface area contributed by atoms with Gasteiger partial charge >= 0.3 is 0 Å². The maximum absolute atomic E-state index is 4.86. The summed E-state index contributed by atoms with van der Waals surface area (Å²) in [7, 11) is 0. The molecule has 0 bridgehead atoms. The highest BCUT2D eigenvalue weighted by molar-refractivity contribution is 5.87. The summed E-state index contributed by atoms with van der Waals surface area (Å²) in [6.07, 6.45) is 1.84. The third-order valence-electron chi connectivity index (χ3n) is 6.69. The first-order chi connectivity index (χ1) is 18.7. The van der Waals surface area contributed by atoms with Gasteiger partial charge in [-0.2, -0.15) is 0 Å². The van der Waals surface area contributed by atoms with E-state index in [9.17, 15) is 0 Å². The van der Waals surface area contributed by atoms with Crippen LogP contribution in [0.25, 0.3) is 56.5 Å². The van der Waals surface area contributed by atoms with E-state index in [1.807, 2.05) is 66.9 Å². The fourth-order valence-corrected chi connectivity index (χ4v) is 4.76. The lowest BCUT2D eigenvalue weighted by Crippen LogP contribution is -2.01. The zero-order valence-corrected chi connectivity index (χ0v) is 21.3. The van der Waals surface area contributed by atoms with Gasteiger partial charge in [0, 0.05) is 17.3 Å². The fraction of sp³-hybridized carbons (Fsp3) is 0.0588. The lowest BCUT2D eigenvalue weighted by Gasteiger charge is -2.16. The van der Waals surface area contributed by atoms with Crippen molar-refractivity contribution in [2.75, 3.05) is 0 Å². The second kappa shape index (κ2) is 10.2. The van der Waals surface area contributed by atoms with Crippen LogP contribution >= 0.6 is 0 Å². The Bertz CT molecular complexity index is 1670. The Kier molecular flexibility index (Phi) is 6.29. The number of aromatic nitrogens is 4. The van der Waals surface area contributed by atoms with Crippen LogP contribution in [0.1, 0.15) is 11.1 Å². The van der Waals surface area contributed by atoms with Crippen LogP contribution in [0, 0.1) is 13.8 Å². The summed E-state index contributed by atoms with van der Waals surface area (Å²) in [5.74, 6) is 1.79. The van der Waals surface area contributed by atoms with Crippen LogP contribution in [0.5, 0.6) is 0 Å². The van der Waals surface area contributed by atoms with E-state index in [1.165, 1.54) is 22.3 Å². The molecular weight excluding hydrogens is 464 g/mol. The predicted octanol–water partition coefficient (Wildman–Crippen LogP) is 8.22. The van der Waals surface area contributed by atoms with E-state index in [-0.39, 0.29) is 0 Å². The van der Waals surface area contributed by atoms with E-state index in [2.05, 4.69) is 68.4 Å². The summed E-state index contributed by atoms with van der Waals surface area (Å²) >= 11 is 0. The Morgan fingerprint density at radius 3 is 1.66 bits per heavy atom. The molecule has 0 unspecified atom stereocenters. The summed E-state index contributed by atoms with van der Waals surface area (Å²) in [5.41, 5.74) is 9.74. The second-order valence-electron chi connectivity index (χ2n) is 9.28. The zero-order chi connectivity index (χ0) is 25.9. The summed E-state index contributed by atoms with van der Waals surface area (Å²) in [6.45, 7) is 4.32. The maximum atomic E-state index is 4.86. The first-order valence-electron chi connectivity index (χ1n) is 12.7. The van der Waals surface area contributed by atoms with Gasteiger partial charge in [0.05, 0.1) is 0 Å². The zero-order valence-electron chi connectivity index (χ0n) is 21.3. The Hall–Kier alpha value is -4.96. The van der Waals surface area contributed by atoms with E-state index in [1.54, 1.807) is 0 Å². The van der Waals surface area contributed by atoms with Crippen molar-refractivity contribution in [3.63, 3.8) is 0 Å². The van der Waals surface area contributed by atoms with Crippen LogP contribution in [0.2, 0.25) is 0 Å². The number of hydrogen-bond acceptors (Lipinski definition) is 4. The highest BCUT2D eigenvalue weighted by atomic mass is 15.0. The van der Waals surface area contributed by atoms with Crippen molar-refractivity contribution in [2.24, 2.45) is 0 Å². The summed E-state index contributed by atoms with van der Waals surface area (Å²) < 4.78 is 0. The minimum atomic E-state index is 0.546. The average Bonchev–Trinajstić information content (AvgIpc) is 2.98. The van der Waals surface area contributed by atoms with Crippen molar-refractivity contribution in [2.45, 2.75) is 13.8 Å². The van der Waals surface area contributed by atoms with Gasteiger partial charge in [0.2, 0.25) is 0 Å². The van der Waals surface area contributed by atoms with E-state index < -0.39 is 0 Å². The van der Waals surface area contributed by atoms with E-state index >= 15 is 0 Å². The molecule has 0 spiro atoms. The highest BCUT2D eigenvalue weighted by Gasteiger charge is 2.16. The van der Waals surface area contributed by atoms with Gasteiger partial charge in [-0.05, 0) is 59.4 Å². The number of pyridine rings is 1. The molecule has 182 valence electrons. The first-order valence-corrected chi connectivity index (χ1v) is 12.7. The molecule has 0 aliphatic carbocycles. The Labute approximate surface area is 222 Å². The van der Waals surface area contributed by atoms with Crippen molar-refractivity contribution in [1.29, 1.82) is 0 Å². The molecule has 0 atom stereocenters. The molecule has 6 rings (SSSR count). The number of benzene rings is 4. The molecule has 4 nitrogen and oxygen atoms in total. The molecule has 0 aliphatic heterocycles. The molecule has 0 fully saturated rings. The molecule has 4 aromatic carbocycles. The number of nitrogens with zero attached hydrogens (tertiary/aromatic N) is 4. The van der Waals surface area contributed by atoms with Crippen molar-refractivity contribution >= 4 is 0 Å². The topological polar surface area (TPSA) is 51.6 Å². The fourth-order valence-electron chi connectivity index (χ4n) is 4.76. The first kappa shape index (κ1) is 23.4. The molecule has 0 aliphatic rings. The van der Waals surface area contributed by atoms with Crippen LogP contribution < -0.4 is 0 Å². The van der Waals surface area contributed by atoms with Crippen LogP contribution in [0.3, 0.4) is 0 Å². The van der Waals surface area contributed by atoms with Gasteiger partial charge < -0.3 is 0 Å². The second-order valence-corrected chi connectivity index (χ2v) is 9.28. The minimum Gasteiger partial charge on any atom is -0.253 e. The molecule has 2 heterocycles. The van der Waals surface area contributed by atoms with Crippen molar-refractivity contribution in [3.05, 3.63) is 133 Å². The molecule has 4 heteroatoms. The Morgan fingerprint density at radius 1 is 0.447 bits per heavy atom. The maximum Gasteiger partial charge on any atom is 0.182 e. The monoisotopic (exact) mass is 490 g/mol. The molecule has 0 radical (unpaired) electrons. The average molecular weight is 491 g/mol. The summed E-state index contributed by atoms with van der Waals surface area (Å²) in [6, 6.07) is 39.1. The molecule has 0 N–H and O–H groups in total. The van der Waals surface area contributed by atoms with Gasteiger partial charge in [-0.3, -0.25) is 4.98 Å². The lowest BCUT2D eigenvalue weighted by molar-refractivity contribution is 1.06. The smallest absolute Gasteiger partial charge is 0.182 e. The summed E-state index contributed by atoms with van der Waals surface area (Å²) in [4.78, 5) is 19.2. The number of rotatable bonds is 5. The van der Waals surface area contributed by atoms with Crippen LogP contribution in [-0.4, -0.2) is 19.9 Å². The standard InChI is InChI=1S/C34H26N4/c1-23-12-9-10-18-28(23)31-24(2)13-11-19-29(31)27-20-21-35-30(22-27)34-37-32(25-14-5-3-6-15-25)36-33(38-34)26-16-7-4-8-17-26/h3-22H,1-2H3. The molecule has 38 heavy (non-hydrogen) atoms. The minimum absolute atomic E-state index is 0.546. The van der Waals surface area contributed by atoms with Gasteiger partial charge in [0.25, 0.3) is 0 Å². The van der Waals surface area contributed by atoms with Crippen LogP contribution in [0.4, 0.5) is 0 Å².